The number of anilines is 1. The van der Waals surface area contributed by atoms with Gasteiger partial charge in [-0.3, -0.25) is 9.59 Å². The van der Waals surface area contributed by atoms with Gasteiger partial charge in [0.15, 0.2) is 0 Å². The van der Waals surface area contributed by atoms with Gasteiger partial charge in [0.05, 0.1) is 43.3 Å². The Morgan fingerprint density at radius 3 is 1.83 bits per heavy atom. The number of nitrogens with one attached hydrogen (secondary N) is 3. The quantitative estimate of drug-likeness (QED) is 0.116. The van der Waals surface area contributed by atoms with Crippen molar-refractivity contribution in [2.75, 3.05) is 38.7 Å². The summed E-state index contributed by atoms with van der Waals surface area (Å²) in [6.45, 7) is 0.555. The van der Waals surface area contributed by atoms with Gasteiger partial charge in [-0.05, 0) is 74.8 Å². The van der Waals surface area contributed by atoms with E-state index in [0.29, 0.717) is 12.8 Å². The summed E-state index contributed by atoms with van der Waals surface area (Å²) in [6, 6.07) is 0. The van der Waals surface area contributed by atoms with E-state index in [-0.39, 0.29) is 40.3 Å². The van der Waals surface area contributed by atoms with E-state index in [1.807, 2.05) is 45.2 Å². The largest absolute Gasteiger partial charge is 0.478 e. The lowest BCUT2D eigenvalue weighted by atomic mass is 10.0. The zero-order chi connectivity index (χ0) is 27.5. The normalized spacial score (nSPS) is 14.1. The van der Waals surface area contributed by atoms with Crippen molar-refractivity contribution in [3.8, 4) is 0 Å². The summed E-state index contributed by atoms with van der Waals surface area (Å²) in [5, 5.41) is 70.7. The first-order valence-electron chi connectivity index (χ1n) is 9.84. The van der Waals surface area contributed by atoms with Crippen molar-refractivity contribution in [2.24, 2.45) is 0 Å². The van der Waals surface area contributed by atoms with Crippen molar-refractivity contribution in [1.82, 2.24) is 10.6 Å². The number of carbonyl (C=O) groups excluding carboxylic acids is 2. The summed E-state index contributed by atoms with van der Waals surface area (Å²) in [5.74, 6) is -2.06. The van der Waals surface area contributed by atoms with Crippen LogP contribution in [0.25, 0.3) is 0 Å². The molecule has 0 radical (unpaired) electrons. The summed E-state index contributed by atoms with van der Waals surface area (Å²) < 4.78 is 1.08. The first kappa shape index (κ1) is 34.5. The molecule has 1 rings (SSSR count). The Kier molecular flexibility index (Phi) is 16.9. The summed E-state index contributed by atoms with van der Waals surface area (Å²) >= 11 is 5.52. The predicted octanol–water partition coefficient (Wildman–Crippen LogP) is -1.48. The molecule has 0 spiro atoms. The minimum Gasteiger partial charge on any atom is -0.478 e. The summed E-state index contributed by atoms with van der Waals surface area (Å²) in [5.41, 5.74) is 0.413. The Hall–Kier alpha value is -0.460. The van der Waals surface area contributed by atoms with Gasteiger partial charge in [0.1, 0.15) is 18.3 Å². The maximum absolute atomic E-state index is 12.2. The molecule has 16 heteroatoms. The molecule has 1 aromatic rings. The second-order valence-corrected chi connectivity index (χ2v) is 10.1. The number of aliphatic hydroxyl groups excluding tert-OH is 6. The summed E-state index contributed by atoms with van der Waals surface area (Å²) in [4.78, 5) is 35.0. The minimum atomic E-state index is -1.55. The third-order valence-electron chi connectivity index (χ3n) is 4.19. The van der Waals surface area contributed by atoms with Crippen molar-refractivity contribution >= 4 is 91.2 Å². The van der Waals surface area contributed by atoms with Gasteiger partial charge < -0.3 is 51.7 Å². The number of amides is 2. The molecule has 200 valence electrons. The number of carboxylic acids is 1. The number of aromatic carboxylic acids is 1. The van der Waals surface area contributed by atoms with Crippen LogP contribution in [0.4, 0.5) is 5.69 Å². The number of benzene rings is 1. The van der Waals surface area contributed by atoms with Crippen molar-refractivity contribution in [1.29, 1.82) is 0 Å². The van der Waals surface area contributed by atoms with Crippen LogP contribution in [0.5, 0.6) is 0 Å². The van der Waals surface area contributed by atoms with Crippen LogP contribution in [-0.2, 0) is 4.79 Å². The number of carbonyl (C=O) groups is 3. The molecule has 4 atom stereocenters. The molecular weight excluding hydrogens is 811 g/mol. The van der Waals surface area contributed by atoms with Crippen LogP contribution < -0.4 is 16.0 Å². The fourth-order valence-corrected chi connectivity index (χ4v) is 6.88. The molecule has 0 aliphatic rings. The molecule has 2 amide bonds. The number of hydrogen-bond acceptors (Lipinski definition) is 10. The lowest BCUT2D eigenvalue weighted by Crippen LogP contribution is -2.48. The van der Waals surface area contributed by atoms with Gasteiger partial charge in [0, 0.05) is 23.6 Å². The van der Waals surface area contributed by atoms with Gasteiger partial charge in [-0.15, -0.1) is 0 Å². The highest BCUT2D eigenvalue weighted by molar-refractivity contribution is 14.1. The number of likely N-dealkylation sites (N-methyl/N-ethyl adjacent to an activating group) is 1. The van der Waals surface area contributed by atoms with Crippen molar-refractivity contribution < 1.29 is 50.1 Å². The summed E-state index contributed by atoms with van der Waals surface area (Å²) in [7, 11) is 1.57. The molecule has 1 aromatic carbocycles. The van der Waals surface area contributed by atoms with Gasteiger partial charge in [0.25, 0.3) is 5.91 Å². The molecule has 0 unspecified atom stereocenters. The first-order chi connectivity index (χ1) is 16.3. The highest BCUT2D eigenvalue weighted by atomic mass is 127. The maximum Gasteiger partial charge on any atom is 0.337 e. The Morgan fingerprint density at radius 2 is 1.40 bits per heavy atom. The van der Waals surface area contributed by atoms with Gasteiger partial charge >= 0.3 is 5.97 Å². The fraction of sp³-hybridized carbons (Fsp3) is 0.526. The fourth-order valence-electron chi connectivity index (χ4n) is 2.49. The van der Waals surface area contributed by atoms with Crippen LogP contribution in [-0.4, -0.2) is 111 Å². The van der Waals surface area contributed by atoms with Gasteiger partial charge in [-0.2, -0.15) is 0 Å². The number of rotatable bonds is 11. The molecule has 0 aliphatic carbocycles. The van der Waals surface area contributed by atoms with Crippen LogP contribution in [0.3, 0.4) is 0 Å². The van der Waals surface area contributed by atoms with E-state index in [1.54, 1.807) is 29.6 Å². The average Bonchev–Trinajstić information content (AvgIpc) is 2.79. The van der Waals surface area contributed by atoms with Gasteiger partial charge in [-0.1, -0.05) is 0 Å². The highest BCUT2D eigenvalue weighted by Gasteiger charge is 2.29. The molecule has 35 heavy (non-hydrogen) atoms. The van der Waals surface area contributed by atoms with Crippen LogP contribution in [0.2, 0.25) is 0 Å². The molecule has 0 aromatic heterocycles. The number of aliphatic hydroxyl groups is 6. The van der Waals surface area contributed by atoms with Crippen LogP contribution in [0, 0.1) is 10.7 Å². The van der Waals surface area contributed by atoms with E-state index in [1.165, 1.54) is 6.92 Å². The lowest BCUT2D eigenvalue weighted by molar-refractivity contribution is -0.114. The smallest absolute Gasteiger partial charge is 0.337 e. The zero-order valence-corrected chi connectivity index (χ0v) is 25.1. The molecule has 0 fully saturated rings. The monoisotopic (exact) mass is 839 g/mol. The Balaban J connectivity index is 0.000000761. The molecule has 0 saturated carbocycles. The number of hydrogen-bond donors (Lipinski definition) is 10. The van der Waals surface area contributed by atoms with Crippen molar-refractivity contribution in [3.05, 3.63) is 21.8 Å². The van der Waals surface area contributed by atoms with Crippen molar-refractivity contribution in [2.45, 2.75) is 31.3 Å². The summed E-state index contributed by atoms with van der Waals surface area (Å²) in [6.07, 6.45) is -5.65. The SMILES string of the molecule is CC(=O)Nc1c(I)c(C(=O)O)c(I)c(C(=O)NCCO)c1I.CNC[C@H](O)[C@@H](O)[C@H](O)[C@H](O)CO. The van der Waals surface area contributed by atoms with Gasteiger partial charge in [-0.25, -0.2) is 4.79 Å². The molecule has 0 bridgehead atoms. The third-order valence-corrected chi connectivity index (χ3v) is 7.43. The molecule has 0 aliphatic heterocycles. The van der Waals surface area contributed by atoms with Crippen LogP contribution >= 0.6 is 67.8 Å². The predicted molar refractivity (Wildman–Crippen MR) is 150 cm³/mol. The van der Waals surface area contributed by atoms with Crippen LogP contribution in [0.1, 0.15) is 27.6 Å². The van der Waals surface area contributed by atoms with E-state index >= 15 is 0 Å². The second-order valence-electron chi connectivity index (χ2n) is 6.89. The third kappa shape index (κ3) is 10.4. The van der Waals surface area contributed by atoms with Crippen LogP contribution in [0.15, 0.2) is 0 Å². The average molecular weight is 839 g/mol. The molecule has 13 nitrogen and oxygen atoms in total. The van der Waals surface area contributed by atoms with E-state index in [2.05, 4.69) is 16.0 Å². The Morgan fingerprint density at radius 1 is 0.886 bits per heavy atom. The van der Waals surface area contributed by atoms with Gasteiger partial charge in [0.2, 0.25) is 5.91 Å². The highest BCUT2D eigenvalue weighted by Crippen LogP contribution is 2.35. The molecule has 0 heterocycles. The standard InChI is InChI=1S/C12H11I3N2O5.C7H17NO5/c1-4(19)17-10-8(14)5(11(20)16-2-3-18)7(13)6(9(10)15)12(21)22;1-8-2-4(10)6(12)7(13)5(11)3-9/h18H,2-3H2,1H3,(H,16,20)(H,17,19)(H,21,22);4-13H,2-3H2,1H3/t;4-,5+,6+,7+/m.0/s1. The molecule has 0 saturated heterocycles. The minimum absolute atomic E-state index is 0.0421. The van der Waals surface area contributed by atoms with Crippen molar-refractivity contribution in [3.63, 3.8) is 0 Å². The van der Waals surface area contributed by atoms with E-state index in [0.717, 1.165) is 0 Å². The Bertz CT molecular complexity index is 890. The number of halogens is 3. The maximum atomic E-state index is 12.2. The lowest BCUT2D eigenvalue weighted by Gasteiger charge is -2.25. The second kappa shape index (κ2) is 17.1. The van der Waals surface area contributed by atoms with E-state index in [4.69, 9.17) is 25.5 Å². The molecular formula is C19H28I3N3O10. The van der Waals surface area contributed by atoms with E-state index < -0.39 is 42.9 Å². The zero-order valence-electron chi connectivity index (χ0n) is 18.6. The first-order valence-corrected chi connectivity index (χ1v) is 13.1. The molecule has 10 N–H and O–H groups in total. The number of carboxylic acid groups (broad SMARTS) is 1. The topological polar surface area (TPSA) is 229 Å². The Labute approximate surface area is 242 Å². The van der Waals surface area contributed by atoms with E-state index in [9.17, 15) is 24.6 Å².